The monoisotopic (exact) mass is 206 g/mol. The SMILES string of the molecule is Cc1c(F)nc2[nH]c(=O)c(C)cc2c1C. The Labute approximate surface area is 86.0 Å². The Morgan fingerprint density at radius 1 is 1.27 bits per heavy atom. The molecular weight excluding hydrogens is 195 g/mol. The van der Waals surface area contributed by atoms with Crippen LogP contribution in [-0.2, 0) is 0 Å². The second-order valence-corrected chi connectivity index (χ2v) is 3.70. The van der Waals surface area contributed by atoms with Gasteiger partial charge in [-0.15, -0.1) is 0 Å². The van der Waals surface area contributed by atoms with Gasteiger partial charge in [0, 0.05) is 16.5 Å². The number of aromatic nitrogens is 2. The van der Waals surface area contributed by atoms with Gasteiger partial charge in [0.2, 0.25) is 5.95 Å². The Balaban J connectivity index is 2.99. The number of nitrogens with one attached hydrogen (secondary N) is 1. The predicted molar refractivity (Wildman–Crippen MR) is 56.5 cm³/mol. The average Bonchev–Trinajstić information content (AvgIpc) is 2.19. The summed E-state index contributed by atoms with van der Waals surface area (Å²) >= 11 is 0. The van der Waals surface area contributed by atoms with E-state index in [-0.39, 0.29) is 5.56 Å². The third-order valence-corrected chi connectivity index (χ3v) is 2.69. The van der Waals surface area contributed by atoms with Gasteiger partial charge in [0.1, 0.15) is 5.65 Å². The molecule has 0 bridgehead atoms. The molecule has 78 valence electrons. The van der Waals surface area contributed by atoms with Crippen molar-refractivity contribution in [1.82, 2.24) is 9.97 Å². The molecule has 0 aliphatic rings. The highest BCUT2D eigenvalue weighted by molar-refractivity contribution is 5.79. The molecule has 3 nitrogen and oxygen atoms in total. The van der Waals surface area contributed by atoms with Crippen molar-refractivity contribution >= 4 is 11.0 Å². The molecular formula is C11H11FN2O. The Hall–Kier alpha value is -1.71. The smallest absolute Gasteiger partial charge is 0.252 e. The van der Waals surface area contributed by atoms with Crippen molar-refractivity contribution < 1.29 is 4.39 Å². The van der Waals surface area contributed by atoms with Gasteiger partial charge in [0.15, 0.2) is 0 Å². The Bertz CT molecular complexity index is 602. The van der Waals surface area contributed by atoms with E-state index in [0.717, 1.165) is 10.9 Å². The molecule has 0 saturated heterocycles. The summed E-state index contributed by atoms with van der Waals surface area (Å²) < 4.78 is 13.3. The Morgan fingerprint density at radius 2 is 1.93 bits per heavy atom. The highest BCUT2D eigenvalue weighted by Crippen LogP contribution is 2.19. The maximum absolute atomic E-state index is 13.3. The van der Waals surface area contributed by atoms with Gasteiger partial charge in [-0.1, -0.05) is 0 Å². The van der Waals surface area contributed by atoms with Crippen molar-refractivity contribution in [3.8, 4) is 0 Å². The lowest BCUT2D eigenvalue weighted by atomic mass is 10.1. The summed E-state index contributed by atoms with van der Waals surface area (Å²) in [7, 11) is 0. The molecule has 15 heavy (non-hydrogen) atoms. The normalized spacial score (nSPS) is 10.9. The number of fused-ring (bicyclic) bond motifs is 1. The van der Waals surface area contributed by atoms with Crippen LogP contribution in [0.3, 0.4) is 0 Å². The van der Waals surface area contributed by atoms with E-state index in [0.29, 0.717) is 16.8 Å². The summed E-state index contributed by atoms with van der Waals surface area (Å²) in [5.74, 6) is -0.528. The number of rotatable bonds is 0. The minimum Gasteiger partial charge on any atom is -0.306 e. The molecule has 0 spiro atoms. The van der Waals surface area contributed by atoms with Gasteiger partial charge >= 0.3 is 0 Å². The van der Waals surface area contributed by atoms with E-state index in [1.54, 1.807) is 19.9 Å². The van der Waals surface area contributed by atoms with Gasteiger partial charge in [-0.2, -0.15) is 4.39 Å². The van der Waals surface area contributed by atoms with Gasteiger partial charge in [-0.25, -0.2) is 4.98 Å². The van der Waals surface area contributed by atoms with Gasteiger partial charge in [0.05, 0.1) is 0 Å². The molecule has 2 aromatic heterocycles. The van der Waals surface area contributed by atoms with Crippen LogP contribution in [0.5, 0.6) is 0 Å². The van der Waals surface area contributed by atoms with Crippen LogP contribution in [-0.4, -0.2) is 9.97 Å². The standard InChI is InChI=1S/C11H11FN2O/c1-5-4-8-6(2)7(3)9(12)13-10(8)14-11(5)15/h4H,1-3H3,(H,13,14,15). The zero-order chi connectivity index (χ0) is 11.2. The number of nitrogens with zero attached hydrogens (tertiary/aromatic N) is 1. The number of halogens is 1. The Morgan fingerprint density at radius 3 is 2.60 bits per heavy atom. The quantitative estimate of drug-likeness (QED) is 0.670. The predicted octanol–water partition coefficient (Wildman–Crippen LogP) is 1.99. The van der Waals surface area contributed by atoms with E-state index < -0.39 is 5.95 Å². The molecule has 0 saturated carbocycles. The summed E-state index contributed by atoms with van der Waals surface area (Å²) in [6.07, 6.45) is 0. The van der Waals surface area contributed by atoms with Gasteiger partial charge in [-0.05, 0) is 32.4 Å². The molecule has 2 rings (SSSR count). The van der Waals surface area contributed by atoms with E-state index >= 15 is 0 Å². The van der Waals surface area contributed by atoms with Gasteiger partial charge in [-0.3, -0.25) is 4.79 Å². The molecule has 4 heteroatoms. The number of H-pyrrole nitrogens is 1. The van der Waals surface area contributed by atoms with Crippen LogP contribution in [0.15, 0.2) is 10.9 Å². The number of hydrogen-bond acceptors (Lipinski definition) is 2. The van der Waals surface area contributed by atoms with Crippen molar-refractivity contribution in [3.05, 3.63) is 39.1 Å². The van der Waals surface area contributed by atoms with Crippen LogP contribution >= 0.6 is 0 Å². The lowest BCUT2D eigenvalue weighted by molar-refractivity contribution is 0.577. The third kappa shape index (κ3) is 1.42. The fourth-order valence-corrected chi connectivity index (χ4v) is 1.54. The number of pyridine rings is 2. The maximum Gasteiger partial charge on any atom is 0.252 e. The molecule has 2 aromatic rings. The zero-order valence-corrected chi connectivity index (χ0v) is 8.81. The minimum atomic E-state index is -0.528. The Kier molecular flexibility index (Phi) is 2.07. The van der Waals surface area contributed by atoms with Crippen molar-refractivity contribution in [2.75, 3.05) is 0 Å². The molecule has 0 amide bonds. The van der Waals surface area contributed by atoms with Gasteiger partial charge in [0.25, 0.3) is 5.56 Å². The number of hydrogen-bond donors (Lipinski definition) is 1. The van der Waals surface area contributed by atoms with Crippen LogP contribution in [0.1, 0.15) is 16.7 Å². The first-order chi connectivity index (χ1) is 7.00. The van der Waals surface area contributed by atoms with Crippen LogP contribution < -0.4 is 5.56 Å². The summed E-state index contributed by atoms with van der Waals surface area (Å²) in [6, 6.07) is 1.74. The minimum absolute atomic E-state index is 0.224. The summed E-state index contributed by atoms with van der Waals surface area (Å²) in [5, 5.41) is 0.797. The molecule has 0 atom stereocenters. The average molecular weight is 206 g/mol. The van der Waals surface area contributed by atoms with Crippen molar-refractivity contribution in [3.63, 3.8) is 0 Å². The van der Waals surface area contributed by atoms with Crippen molar-refractivity contribution in [2.24, 2.45) is 0 Å². The highest BCUT2D eigenvalue weighted by atomic mass is 19.1. The molecule has 0 aliphatic heterocycles. The van der Waals surface area contributed by atoms with Crippen LogP contribution in [0, 0.1) is 26.7 Å². The molecule has 2 heterocycles. The molecule has 1 N–H and O–H groups in total. The molecule has 0 radical (unpaired) electrons. The molecule has 0 aromatic carbocycles. The largest absolute Gasteiger partial charge is 0.306 e. The van der Waals surface area contributed by atoms with Crippen LogP contribution in [0.25, 0.3) is 11.0 Å². The van der Waals surface area contributed by atoms with Crippen molar-refractivity contribution in [1.29, 1.82) is 0 Å². The first-order valence-electron chi connectivity index (χ1n) is 4.67. The van der Waals surface area contributed by atoms with Crippen molar-refractivity contribution in [2.45, 2.75) is 20.8 Å². The number of aromatic amines is 1. The molecule has 0 aliphatic carbocycles. The molecule has 0 unspecified atom stereocenters. The van der Waals surface area contributed by atoms with E-state index in [1.165, 1.54) is 0 Å². The van der Waals surface area contributed by atoms with E-state index in [1.807, 2.05) is 6.92 Å². The van der Waals surface area contributed by atoms with Crippen LogP contribution in [0.2, 0.25) is 0 Å². The molecule has 0 fully saturated rings. The topological polar surface area (TPSA) is 45.8 Å². The van der Waals surface area contributed by atoms with E-state index in [4.69, 9.17) is 0 Å². The summed E-state index contributed by atoms with van der Waals surface area (Å²) in [4.78, 5) is 17.6. The third-order valence-electron chi connectivity index (χ3n) is 2.69. The maximum atomic E-state index is 13.3. The van der Waals surface area contributed by atoms with E-state index in [9.17, 15) is 9.18 Å². The second kappa shape index (κ2) is 3.15. The summed E-state index contributed by atoms with van der Waals surface area (Å²) in [6.45, 7) is 5.22. The first kappa shape index (κ1) is 9.83. The second-order valence-electron chi connectivity index (χ2n) is 3.70. The zero-order valence-electron chi connectivity index (χ0n) is 8.81. The fraction of sp³-hybridized carbons (Fsp3) is 0.273. The first-order valence-corrected chi connectivity index (χ1v) is 4.67. The highest BCUT2D eigenvalue weighted by Gasteiger charge is 2.09. The lowest BCUT2D eigenvalue weighted by Gasteiger charge is -2.06. The fourth-order valence-electron chi connectivity index (χ4n) is 1.54. The number of aryl methyl sites for hydroxylation is 2. The summed E-state index contributed by atoms with van der Waals surface area (Å²) in [5.41, 5.74) is 2.04. The van der Waals surface area contributed by atoms with E-state index in [2.05, 4.69) is 9.97 Å². The van der Waals surface area contributed by atoms with Gasteiger partial charge < -0.3 is 4.98 Å². The van der Waals surface area contributed by atoms with Crippen LogP contribution in [0.4, 0.5) is 4.39 Å². The lowest BCUT2D eigenvalue weighted by Crippen LogP contribution is -2.11.